The number of fused-ring (bicyclic) bond motifs is 4. The number of nitrogens with zero attached hydrogens (tertiary/aromatic N) is 2. The van der Waals surface area contributed by atoms with E-state index >= 15 is 0 Å². The summed E-state index contributed by atoms with van der Waals surface area (Å²) in [5.74, 6) is 0.893. The lowest BCUT2D eigenvalue weighted by molar-refractivity contribution is 0.150. The van der Waals surface area contributed by atoms with E-state index < -0.39 is 0 Å². The highest BCUT2D eigenvalue weighted by Gasteiger charge is 2.42. The van der Waals surface area contributed by atoms with E-state index in [9.17, 15) is 0 Å². The van der Waals surface area contributed by atoms with Crippen LogP contribution < -0.4 is 10.1 Å². The number of rotatable bonds is 3. The molecule has 3 aromatic rings. The number of methoxy groups -OCH3 is 1. The van der Waals surface area contributed by atoms with Gasteiger partial charge in [0.05, 0.1) is 24.0 Å². The van der Waals surface area contributed by atoms with E-state index in [0.717, 1.165) is 37.5 Å². The quantitative estimate of drug-likeness (QED) is 0.751. The molecule has 1 fully saturated rings. The number of aromatic nitrogens is 1. The van der Waals surface area contributed by atoms with E-state index in [1.54, 1.807) is 7.11 Å². The van der Waals surface area contributed by atoms with Crippen molar-refractivity contribution >= 4 is 5.69 Å². The van der Waals surface area contributed by atoms with Crippen molar-refractivity contribution in [1.82, 2.24) is 9.47 Å². The molecule has 1 atom stereocenters. The minimum Gasteiger partial charge on any atom is -0.497 e. The molecule has 3 heterocycles. The van der Waals surface area contributed by atoms with E-state index in [0.29, 0.717) is 0 Å². The molecule has 4 nitrogen and oxygen atoms in total. The Morgan fingerprint density at radius 3 is 2.81 bits per heavy atom. The maximum absolute atomic E-state index is 5.47. The standard InChI is InChI=1S/C23H25N3O/c1-27-19-10-11-21-20(15-19)24-23(22-9-5-14-26(21)22)12-6-13-25(17-23)16-18-7-3-2-4-8-18/h2-5,7-11,14-15,24H,6,12-13,16-17H2,1H3/t23-/m0/s1. The fraction of sp³-hybridized carbons (Fsp3) is 0.304. The molecule has 0 bridgehead atoms. The summed E-state index contributed by atoms with van der Waals surface area (Å²) in [5, 5.41) is 3.90. The van der Waals surface area contributed by atoms with Gasteiger partial charge >= 0.3 is 0 Å². The molecule has 0 saturated carbocycles. The van der Waals surface area contributed by atoms with Gasteiger partial charge in [-0.3, -0.25) is 4.90 Å². The predicted octanol–water partition coefficient (Wildman–Crippen LogP) is 4.40. The lowest BCUT2D eigenvalue weighted by Crippen LogP contribution is -2.52. The first-order valence-electron chi connectivity index (χ1n) is 9.68. The van der Waals surface area contributed by atoms with Gasteiger partial charge in [0, 0.05) is 31.0 Å². The number of benzene rings is 2. The molecule has 5 rings (SSSR count). The van der Waals surface area contributed by atoms with Gasteiger partial charge < -0.3 is 14.6 Å². The van der Waals surface area contributed by atoms with Crippen molar-refractivity contribution in [1.29, 1.82) is 0 Å². The van der Waals surface area contributed by atoms with Gasteiger partial charge in [-0.2, -0.15) is 0 Å². The van der Waals surface area contributed by atoms with Crippen molar-refractivity contribution in [2.45, 2.75) is 24.9 Å². The normalized spacial score (nSPS) is 21.4. The molecule has 1 saturated heterocycles. The SMILES string of the molecule is COc1ccc2c(c1)N[C@]1(CCCN(Cc3ccccc3)C1)c1cccn1-2. The number of ether oxygens (including phenoxy) is 1. The first kappa shape index (κ1) is 16.5. The Labute approximate surface area is 160 Å². The maximum Gasteiger partial charge on any atom is 0.121 e. The van der Waals surface area contributed by atoms with Gasteiger partial charge in [0.25, 0.3) is 0 Å². The van der Waals surface area contributed by atoms with Crippen LogP contribution >= 0.6 is 0 Å². The van der Waals surface area contributed by atoms with Crippen LogP contribution in [0.5, 0.6) is 5.75 Å². The second-order valence-corrected chi connectivity index (χ2v) is 7.65. The Morgan fingerprint density at radius 1 is 1.07 bits per heavy atom. The van der Waals surface area contributed by atoms with Gasteiger partial charge in [-0.25, -0.2) is 0 Å². The maximum atomic E-state index is 5.47. The van der Waals surface area contributed by atoms with Crippen LogP contribution in [0.1, 0.15) is 24.1 Å². The van der Waals surface area contributed by atoms with E-state index in [2.05, 4.69) is 75.6 Å². The predicted molar refractivity (Wildman–Crippen MR) is 109 cm³/mol. The van der Waals surface area contributed by atoms with E-state index in [4.69, 9.17) is 4.74 Å². The van der Waals surface area contributed by atoms with Crippen LogP contribution in [0.15, 0.2) is 66.9 Å². The largest absolute Gasteiger partial charge is 0.497 e. The number of anilines is 1. The van der Waals surface area contributed by atoms with E-state index in [-0.39, 0.29) is 5.54 Å². The fourth-order valence-corrected chi connectivity index (χ4v) is 4.69. The van der Waals surface area contributed by atoms with Crippen molar-refractivity contribution in [2.24, 2.45) is 0 Å². The molecule has 1 N–H and O–H groups in total. The number of nitrogens with one attached hydrogen (secondary N) is 1. The summed E-state index contributed by atoms with van der Waals surface area (Å²) < 4.78 is 7.81. The average molecular weight is 359 g/mol. The monoisotopic (exact) mass is 359 g/mol. The highest BCUT2D eigenvalue weighted by molar-refractivity contribution is 5.69. The fourth-order valence-electron chi connectivity index (χ4n) is 4.69. The molecule has 138 valence electrons. The zero-order chi connectivity index (χ0) is 18.3. The van der Waals surface area contributed by atoms with Crippen LogP contribution in [-0.2, 0) is 12.1 Å². The van der Waals surface area contributed by atoms with Crippen LogP contribution in [0, 0.1) is 0 Å². The van der Waals surface area contributed by atoms with Gasteiger partial charge in [-0.1, -0.05) is 30.3 Å². The first-order valence-corrected chi connectivity index (χ1v) is 9.68. The van der Waals surface area contributed by atoms with Gasteiger partial charge in [-0.15, -0.1) is 0 Å². The summed E-state index contributed by atoms with van der Waals surface area (Å²) >= 11 is 0. The van der Waals surface area contributed by atoms with Crippen molar-refractivity contribution in [3.8, 4) is 11.4 Å². The van der Waals surface area contributed by atoms with Gasteiger partial charge in [0.2, 0.25) is 0 Å². The van der Waals surface area contributed by atoms with Crippen molar-refractivity contribution in [3.05, 3.63) is 78.1 Å². The molecule has 0 radical (unpaired) electrons. The molecule has 0 unspecified atom stereocenters. The third kappa shape index (κ3) is 2.81. The highest BCUT2D eigenvalue weighted by Crippen LogP contribution is 2.43. The minimum absolute atomic E-state index is 0.0596. The molecule has 2 aliphatic heterocycles. The van der Waals surface area contributed by atoms with Crippen LogP contribution in [-0.4, -0.2) is 29.7 Å². The molecule has 4 heteroatoms. The third-order valence-electron chi connectivity index (χ3n) is 5.90. The molecular formula is C23H25N3O. The molecule has 0 aliphatic carbocycles. The van der Waals surface area contributed by atoms with Crippen LogP contribution in [0.4, 0.5) is 5.69 Å². The van der Waals surface area contributed by atoms with Crippen LogP contribution in [0.3, 0.4) is 0 Å². The van der Waals surface area contributed by atoms with Gasteiger partial charge in [0.15, 0.2) is 0 Å². The number of likely N-dealkylation sites (tertiary alicyclic amines) is 1. The number of piperidine rings is 1. The second-order valence-electron chi connectivity index (χ2n) is 7.65. The molecular weight excluding hydrogens is 334 g/mol. The average Bonchev–Trinajstić information content (AvgIpc) is 3.20. The number of hydrogen-bond donors (Lipinski definition) is 1. The van der Waals surface area contributed by atoms with Gasteiger partial charge in [0.1, 0.15) is 5.75 Å². The lowest BCUT2D eigenvalue weighted by Gasteiger charge is -2.47. The summed E-state index contributed by atoms with van der Waals surface area (Å²) in [5.41, 5.74) is 5.03. The zero-order valence-corrected chi connectivity index (χ0v) is 15.7. The van der Waals surface area contributed by atoms with Crippen molar-refractivity contribution in [2.75, 3.05) is 25.5 Å². The van der Waals surface area contributed by atoms with Crippen molar-refractivity contribution < 1.29 is 4.74 Å². The summed E-state index contributed by atoms with van der Waals surface area (Å²) in [4.78, 5) is 2.58. The number of hydrogen-bond acceptors (Lipinski definition) is 3. The Morgan fingerprint density at radius 2 is 1.96 bits per heavy atom. The van der Waals surface area contributed by atoms with Crippen molar-refractivity contribution in [3.63, 3.8) is 0 Å². The first-order chi connectivity index (χ1) is 13.3. The smallest absolute Gasteiger partial charge is 0.121 e. The summed E-state index contributed by atoms with van der Waals surface area (Å²) in [6, 6.07) is 21.5. The van der Waals surface area contributed by atoms with E-state index in [1.807, 2.05) is 6.07 Å². The molecule has 0 amide bonds. The second kappa shape index (κ2) is 6.46. The Hall–Kier alpha value is -2.72. The summed E-state index contributed by atoms with van der Waals surface area (Å²) in [6.45, 7) is 3.14. The lowest BCUT2D eigenvalue weighted by atomic mass is 9.83. The van der Waals surface area contributed by atoms with Gasteiger partial charge in [-0.05, 0) is 49.2 Å². The topological polar surface area (TPSA) is 29.4 Å². The Kier molecular flexibility index (Phi) is 3.94. The Balaban J connectivity index is 1.50. The van der Waals surface area contributed by atoms with Crippen LogP contribution in [0.25, 0.3) is 5.69 Å². The zero-order valence-electron chi connectivity index (χ0n) is 15.7. The van der Waals surface area contributed by atoms with E-state index in [1.165, 1.54) is 23.4 Å². The molecule has 2 aromatic carbocycles. The summed E-state index contributed by atoms with van der Waals surface area (Å²) in [6.07, 6.45) is 4.50. The molecule has 2 aliphatic rings. The molecule has 1 spiro atoms. The molecule has 1 aromatic heterocycles. The highest BCUT2D eigenvalue weighted by atomic mass is 16.5. The Bertz CT molecular complexity index is 949. The molecule has 27 heavy (non-hydrogen) atoms. The minimum atomic E-state index is -0.0596. The summed E-state index contributed by atoms with van der Waals surface area (Å²) in [7, 11) is 1.73. The van der Waals surface area contributed by atoms with Crippen LogP contribution in [0.2, 0.25) is 0 Å². The third-order valence-corrected chi connectivity index (χ3v) is 5.90.